The quantitative estimate of drug-likeness (QED) is 0.795. The molecule has 1 N–H and O–H groups in total. The second-order valence-corrected chi connectivity index (χ2v) is 2.84. The van der Waals surface area contributed by atoms with E-state index < -0.39 is 12.3 Å². The zero-order valence-electron chi connectivity index (χ0n) is 7.76. The maximum Gasteiger partial charge on any atom is 0.315 e. The maximum absolute atomic E-state index is 11.9. The molecule has 1 aromatic rings. The molecule has 1 aromatic carbocycles. The Hall–Kier alpha value is -1.45. The normalized spacial score (nSPS) is 10.3. The van der Waals surface area contributed by atoms with E-state index in [1.54, 1.807) is 18.2 Å². The Balaban J connectivity index is 2.72. The van der Waals surface area contributed by atoms with E-state index in [0.717, 1.165) is 12.0 Å². The van der Waals surface area contributed by atoms with Crippen LogP contribution in [0.4, 0.5) is 14.5 Å². The minimum absolute atomic E-state index is 0.412. The third-order valence-electron chi connectivity index (χ3n) is 1.80. The van der Waals surface area contributed by atoms with E-state index >= 15 is 0 Å². The molecular formula is C10H11F2NO. The Bertz CT molecular complexity index is 326. The number of alkyl halides is 2. The van der Waals surface area contributed by atoms with Crippen molar-refractivity contribution in [3.8, 4) is 0 Å². The molecule has 0 bridgehead atoms. The maximum atomic E-state index is 11.9. The van der Waals surface area contributed by atoms with E-state index in [4.69, 9.17) is 0 Å². The molecule has 0 aliphatic rings. The van der Waals surface area contributed by atoms with Gasteiger partial charge in [0.15, 0.2) is 0 Å². The summed E-state index contributed by atoms with van der Waals surface area (Å²) in [5.74, 6) is -1.27. The first-order valence-corrected chi connectivity index (χ1v) is 4.31. The van der Waals surface area contributed by atoms with Crippen molar-refractivity contribution in [1.29, 1.82) is 0 Å². The fourth-order valence-corrected chi connectivity index (χ4v) is 1.07. The van der Waals surface area contributed by atoms with Crippen molar-refractivity contribution in [1.82, 2.24) is 0 Å². The predicted octanol–water partition coefficient (Wildman–Crippen LogP) is 2.45. The van der Waals surface area contributed by atoms with Crippen LogP contribution in [0.1, 0.15) is 12.5 Å². The van der Waals surface area contributed by atoms with Crippen molar-refractivity contribution >= 4 is 11.6 Å². The Kier molecular flexibility index (Phi) is 3.56. The smallest absolute Gasteiger partial charge is 0.315 e. The Morgan fingerprint density at radius 1 is 1.50 bits per heavy atom. The molecule has 14 heavy (non-hydrogen) atoms. The Labute approximate surface area is 80.9 Å². The number of halogens is 2. The topological polar surface area (TPSA) is 29.1 Å². The second-order valence-electron chi connectivity index (χ2n) is 2.84. The number of hydrogen-bond acceptors (Lipinski definition) is 1. The first-order chi connectivity index (χ1) is 6.63. The number of amides is 1. The summed E-state index contributed by atoms with van der Waals surface area (Å²) in [5.41, 5.74) is 1.41. The van der Waals surface area contributed by atoms with Gasteiger partial charge in [0.25, 0.3) is 5.91 Å². The van der Waals surface area contributed by atoms with E-state index in [9.17, 15) is 13.6 Å². The van der Waals surface area contributed by atoms with Gasteiger partial charge in [0.2, 0.25) is 0 Å². The van der Waals surface area contributed by atoms with E-state index in [0.29, 0.717) is 5.69 Å². The number of hydrogen-bond donors (Lipinski definition) is 1. The van der Waals surface area contributed by atoms with E-state index in [-0.39, 0.29) is 0 Å². The summed E-state index contributed by atoms with van der Waals surface area (Å²) in [7, 11) is 0. The number of rotatable bonds is 3. The largest absolute Gasteiger partial charge is 0.321 e. The molecule has 0 unspecified atom stereocenters. The van der Waals surface area contributed by atoms with Crippen molar-refractivity contribution in [3.05, 3.63) is 29.8 Å². The minimum Gasteiger partial charge on any atom is -0.321 e. The summed E-state index contributed by atoms with van der Waals surface area (Å²) >= 11 is 0. The summed E-state index contributed by atoms with van der Waals surface area (Å²) in [6.45, 7) is 1.95. The lowest BCUT2D eigenvalue weighted by Crippen LogP contribution is -2.20. The number of nitrogens with one attached hydrogen (secondary N) is 1. The first-order valence-electron chi connectivity index (χ1n) is 4.31. The third-order valence-corrected chi connectivity index (χ3v) is 1.80. The Morgan fingerprint density at radius 2 is 2.21 bits per heavy atom. The van der Waals surface area contributed by atoms with E-state index in [1.165, 1.54) is 0 Å². The standard InChI is InChI=1S/C10H11F2NO/c1-2-7-4-3-5-8(6-7)13-10(14)9(11)12/h3-6,9H,2H2,1H3,(H,13,14). The highest BCUT2D eigenvalue weighted by Gasteiger charge is 2.14. The van der Waals surface area contributed by atoms with Crippen molar-refractivity contribution in [2.24, 2.45) is 0 Å². The lowest BCUT2D eigenvalue weighted by Gasteiger charge is -2.05. The van der Waals surface area contributed by atoms with Crippen LogP contribution >= 0.6 is 0 Å². The molecule has 0 saturated heterocycles. The lowest BCUT2D eigenvalue weighted by atomic mass is 10.1. The fourth-order valence-electron chi connectivity index (χ4n) is 1.07. The number of anilines is 1. The molecule has 4 heteroatoms. The zero-order chi connectivity index (χ0) is 10.6. The van der Waals surface area contributed by atoms with Crippen molar-refractivity contribution in [2.75, 3.05) is 5.32 Å². The van der Waals surface area contributed by atoms with Gasteiger partial charge >= 0.3 is 6.43 Å². The lowest BCUT2D eigenvalue weighted by molar-refractivity contribution is -0.126. The van der Waals surface area contributed by atoms with Gasteiger partial charge < -0.3 is 5.32 Å². The molecule has 0 spiro atoms. The van der Waals surface area contributed by atoms with Gasteiger partial charge in [-0.2, -0.15) is 8.78 Å². The van der Waals surface area contributed by atoms with Crippen LogP contribution in [0.3, 0.4) is 0 Å². The zero-order valence-corrected chi connectivity index (χ0v) is 7.76. The van der Waals surface area contributed by atoms with Crippen LogP contribution in [0.2, 0.25) is 0 Å². The van der Waals surface area contributed by atoms with Crippen LogP contribution in [0.15, 0.2) is 24.3 Å². The highest BCUT2D eigenvalue weighted by Crippen LogP contribution is 2.11. The van der Waals surface area contributed by atoms with Gasteiger partial charge in [0.05, 0.1) is 0 Å². The molecule has 0 aliphatic carbocycles. The molecular weight excluding hydrogens is 188 g/mol. The van der Waals surface area contributed by atoms with Crippen molar-refractivity contribution < 1.29 is 13.6 Å². The Morgan fingerprint density at radius 3 is 2.79 bits per heavy atom. The van der Waals surface area contributed by atoms with Gasteiger partial charge in [-0.1, -0.05) is 19.1 Å². The van der Waals surface area contributed by atoms with Gasteiger partial charge in [-0.15, -0.1) is 0 Å². The summed E-state index contributed by atoms with van der Waals surface area (Å²) in [4.78, 5) is 10.7. The fraction of sp³-hybridized carbons (Fsp3) is 0.300. The van der Waals surface area contributed by atoms with Gasteiger partial charge in [-0.25, -0.2) is 0 Å². The van der Waals surface area contributed by atoms with Gasteiger partial charge in [0, 0.05) is 5.69 Å². The van der Waals surface area contributed by atoms with Crippen LogP contribution in [-0.4, -0.2) is 12.3 Å². The number of carbonyl (C=O) groups is 1. The minimum atomic E-state index is -2.97. The second kappa shape index (κ2) is 4.69. The number of benzene rings is 1. The molecule has 2 nitrogen and oxygen atoms in total. The van der Waals surface area contributed by atoms with Crippen LogP contribution in [-0.2, 0) is 11.2 Å². The molecule has 0 heterocycles. The number of aryl methyl sites for hydroxylation is 1. The van der Waals surface area contributed by atoms with Gasteiger partial charge in [-0.3, -0.25) is 4.79 Å². The molecule has 0 aromatic heterocycles. The first kappa shape index (κ1) is 10.6. The van der Waals surface area contributed by atoms with Gasteiger partial charge in [0.1, 0.15) is 0 Å². The average Bonchev–Trinajstić information content (AvgIpc) is 2.18. The summed E-state index contributed by atoms with van der Waals surface area (Å²) in [6.07, 6.45) is -2.17. The summed E-state index contributed by atoms with van der Waals surface area (Å²) < 4.78 is 23.8. The SMILES string of the molecule is CCc1cccc(NC(=O)C(F)F)c1. The van der Waals surface area contributed by atoms with Gasteiger partial charge in [-0.05, 0) is 24.1 Å². The molecule has 0 atom stereocenters. The van der Waals surface area contributed by atoms with Crippen LogP contribution < -0.4 is 5.32 Å². The number of carbonyl (C=O) groups excluding carboxylic acids is 1. The molecule has 0 saturated carbocycles. The van der Waals surface area contributed by atoms with E-state index in [1.807, 2.05) is 13.0 Å². The molecule has 76 valence electrons. The third kappa shape index (κ3) is 2.80. The molecule has 0 fully saturated rings. The highest BCUT2D eigenvalue weighted by atomic mass is 19.3. The van der Waals surface area contributed by atoms with E-state index in [2.05, 4.69) is 5.32 Å². The van der Waals surface area contributed by atoms with Crippen molar-refractivity contribution in [3.63, 3.8) is 0 Å². The molecule has 0 aliphatic heterocycles. The molecule has 1 rings (SSSR count). The highest BCUT2D eigenvalue weighted by molar-refractivity contribution is 5.93. The predicted molar refractivity (Wildman–Crippen MR) is 50.5 cm³/mol. The van der Waals surface area contributed by atoms with Crippen molar-refractivity contribution in [2.45, 2.75) is 19.8 Å². The summed E-state index contributed by atoms with van der Waals surface area (Å²) in [5, 5.41) is 2.13. The van der Waals surface area contributed by atoms with Crippen LogP contribution in [0, 0.1) is 0 Å². The van der Waals surface area contributed by atoms with Crippen LogP contribution in [0.5, 0.6) is 0 Å². The van der Waals surface area contributed by atoms with Crippen LogP contribution in [0.25, 0.3) is 0 Å². The monoisotopic (exact) mass is 199 g/mol. The summed E-state index contributed by atoms with van der Waals surface area (Å²) in [6, 6.07) is 6.86. The average molecular weight is 199 g/mol. The molecule has 0 radical (unpaired) electrons. The molecule has 1 amide bonds.